The van der Waals surface area contributed by atoms with Crippen molar-refractivity contribution in [3.05, 3.63) is 28.8 Å². The molecular weight excluding hydrogens is 259 g/mol. The molecule has 17 heavy (non-hydrogen) atoms. The number of ether oxygens (including phenoxy) is 1. The minimum atomic E-state index is -4.54. The van der Waals surface area contributed by atoms with Crippen molar-refractivity contribution in [2.75, 3.05) is 19.0 Å². The molecule has 0 aliphatic rings. The number of alkyl halides is 3. The van der Waals surface area contributed by atoms with E-state index in [0.717, 1.165) is 19.2 Å². The fourth-order valence-electron chi connectivity index (χ4n) is 1.14. The normalized spacial score (nSPS) is 11.1. The van der Waals surface area contributed by atoms with Gasteiger partial charge in [-0.25, -0.2) is 0 Å². The molecule has 0 aromatic heterocycles. The van der Waals surface area contributed by atoms with E-state index in [-0.39, 0.29) is 17.3 Å². The zero-order valence-corrected chi connectivity index (χ0v) is 9.52. The van der Waals surface area contributed by atoms with Gasteiger partial charge in [-0.15, -0.1) is 0 Å². The van der Waals surface area contributed by atoms with Gasteiger partial charge in [-0.2, -0.15) is 13.2 Å². The average molecular weight is 268 g/mol. The van der Waals surface area contributed by atoms with Crippen LogP contribution in [0, 0.1) is 0 Å². The molecule has 3 nitrogen and oxygen atoms in total. The highest BCUT2D eigenvalue weighted by atomic mass is 35.5. The lowest BCUT2D eigenvalue weighted by atomic mass is 10.1. The van der Waals surface area contributed by atoms with Crippen LogP contribution in [0.25, 0.3) is 0 Å². The highest BCUT2D eigenvalue weighted by Crippen LogP contribution is 2.36. The highest BCUT2D eigenvalue weighted by Gasteiger charge is 2.33. The van der Waals surface area contributed by atoms with E-state index in [1.54, 1.807) is 0 Å². The van der Waals surface area contributed by atoms with Gasteiger partial charge in [0.15, 0.2) is 0 Å². The standard InChI is InChI=1S/C10H9ClF3NO2/c1-17-9(16)5-15-8-3-2-6(11)4-7(8)10(12,13)14/h2-4,15H,5H2,1H3. The third-order valence-corrected chi connectivity index (χ3v) is 2.17. The average Bonchev–Trinajstić information content (AvgIpc) is 2.25. The number of hydrogen-bond donors (Lipinski definition) is 1. The Kier molecular flexibility index (Phi) is 4.22. The van der Waals surface area contributed by atoms with Crippen LogP contribution in [-0.4, -0.2) is 19.6 Å². The first-order valence-corrected chi connectivity index (χ1v) is 4.90. The van der Waals surface area contributed by atoms with E-state index >= 15 is 0 Å². The summed E-state index contributed by atoms with van der Waals surface area (Å²) in [6.45, 7) is -0.346. The Morgan fingerprint density at radius 2 is 2.12 bits per heavy atom. The number of carbonyl (C=O) groups excluding carboxylic acids is 1. The summed E-state index contributed by atoms with van der Waals surface area (Å²) in [7, 11) is 1.15. The lowest BCUT2D eigenvalue weighted by Crippen LogP contribution is -2.18. The van der Waals surface area contributed by atoms with Crippen LogP contribution < -0.4 is 5.32 Å². The van der Waals surface area contributed by atoms with Crippen LogP contribution in [0.5, 0.6) is 0 Å². The number of esters is 1. The molecule has 1 N–H and O–H groups in total. The molecule has 7 heteroatoms. The number of benzene rings is 1. The van der Waals surface area contributed by atoms with E-state index < -0.39 is 17.7 Å². The molecule has 0 spiro atoms. The number of halogens is 4. The van der Waals surface area contributed by atoms with Crippen molar-refractivity contribution in [2.24, 2.45) is 0 Å². The summed E-state index contributed by atoms with van der Waals surface area (Å²) < 4.78 is 42.2. The van der Waals surface area contributed by atoms with Gasteiger partial charge in [0, 0.05) is 10.7 Å². The van der Waals surface area contributed by atoms with Gasteiger partial charge >= 0.3 is 12.1 Å². The Labute approximate surface area is 101 Å². The SMILES string of the molecule is COC(=O)CNc1ccc(Cl)cc1C(F)(F)F. The first-order chi connectivity index (χ1) is 7.84. The van der Waals surface area contributed by atoms with Gasteiger partial charge in [-0.05, 0) is 18.2 Å². The Hall–Kier alpha value is -1.43. The highest BCUT2D eigenvalue weighted by molar-refractivity contribution is 6.30. The third-order valence-electron chi connectivity index (χ3n) is 1.94. The van der Waals surface area contributed by atoms with Gasteiger partial charge in [-0.3, -0.25) is 4.79 Å². The third kappa shape index (κ3) is 3.81. The number of carbonyl (C=O) groups is 1. The summed E-state index contributed by atoms with van der Waals surface area (Å²) in [6.07, 6.45) is -4.54. The number of nitrogens with one attached hydrogen (secondary N) is 1. The molecule has 0 unspecified atom stereocenters. The summed E-state index contributed by atoms with van der Waals surface area (Å²) in [6, 6.07) is 3.26. The fraction of sp³-hybridized carbons (Fsp3) is 0.300. The smallest absolute Gasteiger partial charge is 0.418 e. The Bertz CT molecular complexity index is 421. The molecule has 0 atom stereocenters. The second-order valence-corrected chi connectivity index (χ2v) is 3.55. The second-order valence-electron chi connectivity index (χ2n) is 3.12. The van der Waals surface area contributed by atoms with Crippen LogP contribution in [0.15, 0.2) is 18.2 Å². The Balaban J connectivity index is 2.95. The molecule has 0 saturated heterocycles. The van der Waals surface area contributed by atoms with E-state index in [9.17, 15) is 18.0 Å². The minimum Gasteiger partial charge on any atom is -0.468 e. The first-order valence-electron chi connectivity index (χ1n) is 4.52. The zero-order valence-electron chi connectivity index (χ0n) is 8.77. The molecule has 0 radical (unpaired) electrons. The van der Waals surface area contributed by atoms with E-state index in [1.165, 1.54) is 6.07 Å². The number of anilines is 1. The van der Waals surface area contributed by atoms with Crippen LogP contribution in [-0.2, 0) is 15.7 Å². The van der Waals surface area contributed by atoms with Gasteiger partial charge in [-0.1, -0.05) is 11.6 Å². The van der Waals surface area contributed by atoms with Crippen LogP contribution in [0.4, 0.5) is 18.9 Å². The predicted octanol–water partition coefficient (Wildman–Crippen LogP) is 2.94. The van der Waals surface area contributed by atoms with Crippen LogP contribution >= 0.6 is 11.6 Å². The van der Waals surface area contributed by atoms with Crippen molar-refractivity contribution in [3.8, 4) is 0 Å². The van der Waals surface area contributed by atoms with Crippen molar-refractivity contribution >= 4 is 23.3 Å². The largest absolute Gasteiger partial charge is 0.468 e. The van der Waals surface area contributed by atoms with E-state index in [0.29, 0.717) is 0 Å². The molecule has 0 amide bonds. The topological polar surface area (TPSA) is 38.3 Å². The maximum atomic E-state index is 12.6. The molecule has 0 aliphatic heterocycles. The Morgan fingerprint density at radius 3 is 2.65 bits per heavy atom. The van der Waals surface area contributed by atoms with Gasteiger partial charge < -0.3 is 10.1 Å². The summed E-state index contributed by atoms with van der Waals surface area (Å²) >= 11 is 5.49. The first kappa shape index (κ1) is 13.6. The van der Waals surface area contributed by atoms with E-state index in [1.807, 2.05) is 0 Å². The maximum Gasteiger partial charge on any atom is 0.418 e. The van der Waals surface area contributed by atoms with Gasteiger partial charge in [0.05, 0.1) is 12.7 Å². The molecule has 1 aromatic carbocycles. The van der Waals surface area contributed by atoms with Crippen LogP contribution in [0.1, 0.15) is 5.56 Å². The number of hydrogen-bond acceptors (Lipinski definition) is 3. The molecule has 94 valence electrons. The van der Waals surface area contributed by atoms with Crippen molar-refractivity contribution < 1.29 is 22.7 Å². The minimum absolute atomic E-state index is 0.0269. The summed E-state index contributed by atoms with van der Waals surface area (Å²) in [5.41, 5.74) is -1.14. The molecule has 0 aliphatic carbocycles. The summed E-state index contributed by atoms with van der Waals surface area (Å²) in [5, 5.41) is 2.32. The summed E-state index contributed by atoms with van der Waals surface area (Å²) in [5.74, 6) is -0.659. The van der Waals surface area contributed by atoms with Crippen LogP contribution in [0.3, 0.4) is 0 Å². The maximum absolute atomic E-state index is 12.6. The van der Waals surface area contributed by atoms with Gasteiger partial charge in [0.25, 0.3) is 0 Å². The Morgan fingerprint density at radius 1 is 1.47 bits per heavy atom. The molecule has 0 bridgehead atoms. The van der Waals surface area contributed by atoms with Crippen molar-refractivity contribution in [3.63, 3.8) is 0 Å². The van der Waals surface area contributed by atoms with Gasteiger partial charge in [0.1, 0.15) is 6.54 Å². The second kappa shape index (κ2) is 5.27. The lowest BCUT2D eigenvalue weighted by molar-refractivity contribution is -0.139. The summed E-state index contributed by atoms with van der Waals surface area (Å²) in [4.78, 5) is 10.8. The van der Waals surface area contributed by atoms with Gasteiger partial charge in [0.2, 0.25) is 0 Å². The molecule has 1 rings (SSSR count). The quantitative estimate of drug-likeness (QED) is 0.856. The molecule has 0 fully saturated rings. The number of methoxy groups -OCH3 is 1. The molecule has 0 saturated carbocycles. The zero-order chi connectivity index (χ0) is 13.1. The van der Waals surface area contributed by atoms with E-state index in [2.05, 4.69) is 10.1 Å². The van der Waals surface area contributed by atoms with Crippen molar-refractivity contribution in [1.29, 1.82) is 0 Å². The van der Waals surface area contributed by atoms with Crippen molar-refractivity contribution in [1.82, 2.24) is 0 Å². The molecule has 0 heterocycles. The predicted molar refractivity (Wildman–Crippen MR) is 57.0 cm³/mol. The van der Waals surface area contributed by atoms with E-state index in [4.69, 9.17) is 11.6 Å². The fourth-order valence-corrected chi connectivity index (χ4v) is 1.32. The lowest BCUT2D eigenvalue weighted by Gasteiger charge is -2.14. The van der Waals surface area contributed by atoms with Crippen LogP contribution in [0.2, 0.25) is 5.02 Å². The molecule has 1 aromatic rings. The molecular formula is C10H9ClF3NO2. The number of rotatable bonds is 3. The monoisotopic (exact) mass is 267 g/mol. The van der Waals surface area contributed by atoms with Crippen molar-refractivity contribution in [2.45, 2.75) is 6.18 Å².